The van der Waals surface area contributed by atoms with Crippen molar-refractivity contribution in [3.63, 3.8) is 0 Å². The molecule has 0 saturated heterocycles. The molecule has 6 nitrogen and oxygen atoms in total. The minimum atomic E-state index is -0.910. The minimum Gasteiger partial charge on any atom is -0.386 e. The summed E-state index contributed by atoms with van der Waals surface area (Å²) in [5.74, 6) is 0. The van der Waals surface area contributed by atoms with E-state index in [1.807, 2.05) is 30.3 Å². The van der Waals surface area contributed by atoms with E-state index in [0.717, 1.165) is 5.56 Å². The molecule has 0 heterocycles. The first-order valence-electron chi connectivity index (χ1n) is 7.36. The highest BCUT2D eigenvalue weighted by Gasteiger charge is 2.29. The van der Waals surface area contributed by atoms with E-state index in [1.165, 1.54) is 20.3 Å². The van der Waals surface area contributed by atoms with Crippen molar-refractivity contribution in [2.45, 2.75) is 24.9 Å². The van der Waals surface area contributed by atoms with Crippen LogP contribution in [0.25, 0.3) is 0 Å². The fraction of sp³-hybridized carbons (Fsp3) is 0.529. The maximum atomic E-state index is 10.1. The summed E-state index contributed by atoms with van der Waals surface area (Å²) >= 11 is 0. The van der Waals surface area contributed by atoms with E-state index < -0.39 is 18.3 Å². The first kappa shape index (κ1) is 19.8. The van der Waals surface area contributed by atoms with Crippen LogP contribution in [0.4, 0.5) is 0 Å². The van der Waals surface area contributed by atoms with Gasteiger partial charge in [0.1, 0.15) is 31.9 Å². The quantitative estimate of drug-likeness (QED) is 0.440. The molecule has 23 heavy (non-hydrogen) atoms. The van der Waals surface area contributed by atoms with E-state index in [4.69, 9.17) is 23.7 Å². The van der Waals surface area contributed by atoms with Crippen LogP contribution in [0.5, 0.6) is 0 Å². The normalized spacial score (nSPS) is 15.1. The van der Waals surface area contributed by atoms with Crippen LogP contribution >= 0.6 is 0 Å². The maximum Gasteiger partial charge on any atom is 0.146 e. The second-order valence-electron chi connectivity index (χ2n) is 4.88. The first-order chi connectivity index (χ1) is 11.2. The van der Waals surface area contributed by atoms with Crippen molar-refractivity contribution in [2.24, 2.45) is 0 Å². The fourth-order valence-electron chi connectivity index (χ4n) is 1.97. The Morgan fingerprint density at radius 1 is 1.09 bits per heavy atom. The summed E-state index contributed by atoms with van der Waals surface area (Å²) in [4.78, 5) is 0. The smallest absolute Gasteiger partial charge is 0.146 e. The highest BCUT2D eigenvalue weighted by molar-refractivity contribution is 5.13. The largest absolute Gasteiger partial charge is 0.386 e. The molecule has 1 aromatic rings. The van der Waals surface area contributed by atoms with Gasteiger partial charge in [-0.05, 0) is 5.56 Å². The molecule has 0 saturated carbocycles. The van der Waals surface area contributed by atoms with E-state index in [2.05, 4.69) is 6.58 Å². The Morgan fingerprint density at radius 3 is 2.35 bits per heavy atom. The SMILES string of the molecule is C=C[C@@H](O)[C@H](OCOC)[C@H](COCc1ccccc1)OCOC. The van der Waals surface area contributed by atoms with Crippen molar-refractivity contribution in [2.75, 3.05) is 34.4 Å². The van der Waals surface area contributed by atoms with Crippen molar-refractivity contribution >= 4 is 0 Å². The van der Waals surface area contributed by atoms with Crippen LogP contribution in [-0.2, 0) is 30.3 Å². The van der Waals surface area contributed by atoms with Gasteiger partial charge in [-0.15, -0.1) is 6.58 Å². The monoisotopic (exact) mass is 326 g/mol. The molecule has 0 spiro atoms. The lowest BCUT2D eigenvalue weighted by molar-refractivity contribution is -0.192. The maximum absolute atomic E-state index is 10.1. The summed E-state index contributed by atoms with van der Waals surface area (Å²) in [5.41, 5.74) is 1.05. The molecule has 0 amide bonds. The van der Waals surface area contributed by atoms with Gasteiger partial charge in [0.25, 0.3) is 0 Å². The number of hydrogen-bond donors (Lipinski definition) is 1. The van der Waals surface area contributed by atoms with Crippen molar-refractivity contribution in [1.82, 2.24) is 0 Å². The summed E-state index contributed by atoms with van der Waals surface area (Å²) in [6.45, 7) is 4.35. The second kappa shape index (κ2) is 12.2. The summed E-state index contributed by atoms with van der Waals surface area (Å²) in [5, 5.41) is 10.1. The Balaban J connectivity index is 2.61. The van der Waals surface area contributed by atoms with E-state index in [-0.39, 0.29) is 20.2 Å². The van der Waals surface area contributed by atoms with Crippen LogP contribution in [0.1, 0.15) is 5.56 Å². The van der Waals surface area contributed by atoms with Gasteiger partial charge in [0.05, 0.1) is 13.2 Å². The van der Waals surface area contributed by atoms with Gasteiger partial charge < -0.3 is 28.8 Å². The highest BCUT2D eigenvalue weighted by atomic mass is 16.7. The van der Waals surface area contributed by atoms with Gasteiger partial charge in [0.2, 0.25) is 0 Å². The number of methoxy groups -OCH3 is 2. The van der Waals surface area contributed by atoms with Gasteiger partial charge >= 0.3 is 0 Å². The Kier molecular flexibility index (Phi) is 10.5. The fourth-order valence-corrected chi connectivity index (χ4v) is 1.97. The third-order valence-corrected chi connectivity index (χ3v) is 3.12. The number of rotatable bonds is 13. The van der Waals surface area contributed by atoms with E-state index in [9.17, 15) is 5.11 Å². The lowest BCUT2D eigenvalue weighted by atomic mass is 10.1. The first-order valence-corrected chi connectivity index (χ1v) is 7.36. The standard InChI is InChI=1S/C17H26O6/c1-4-15(18)17(23-13-20-3)16(22-12-19-2)11-21-10-14-8-6-5-7-9-14/h4-9,15-18H,1,10-13H2,2-3H3/t15-,16+,17+/m1/s1. The molecule has 0 aliphatic rings. The molecular weight excluding hydrogens is 300 g/mol. The lowest BCUT2D eigenvalue weighted by Crippen LogP contribution is -2.43. The van der Waals surface area contributed by atoms with Crippen molar-refractivity contribution < 1.29 is 28.8 Å². The van der Waals surface area contributed by atoms with Gasteiger partial charge in [-0.25, -0.2) is 0 Å². The number of hydrogen-bond acceptors (Lipinski definition) is 6. The average molecular weight is 326 g/mol. The number of aliphatic hydroxyl groups excluding tert-OH is 1. The summed E-state index contributed by atoms with van der Waals surface area (Å²) < 4.78 is 26.6. The summed E-state index contributed by atoms with van der Waals surface area (Å²) in [6, 6.07) is 9.79. The molecule has 0 aromatic heterocycles. The Hall–Kier alpha value is -1.28. The molecule has 130 valence electrons. The lowest BCUT2D eigenvalue weighted by Gasteiger charge is -2.29. The van der Waals surface area contributed by atoms with Crippen molar-refractivity contribution in [3.8, 4) is 0 Å². The minimum absolute atomic E-state index is 0.0289. The Bertz CT molecular complexity index is 411. The number of benzene rings is 1. The molecule has 6 heteroatoms. The molecule has 0 aliphatic carbocycles. The molecule has 1 rings (SSSR count). The van der Waals surface area contributed by atoms with Crippen LogP contribution in [0.15, 0.2) is 43.0 Å². The van der Waals surface area contributed by atoms with E-state index >= 15 is 0 Å². The van der Waals surface area contributed by atoms with E-state index in [1.54, 1.807) is 0 Å². The zero-order valence-corrected chi connectivity index (χ0v) is 13.7. The third-order valence-electron chi connectivity index (χ3n) is 3.12. The summed E-state index contributed by atoms with van der Waals surface area (Å²) in [6.07, 6.45) is -0.715. The van der Waals surface area contributed by atoms with Crippen LogP contribution in [-0.4, -0.2) is 57.8 Å². The van der Waals surface area contributed by atoms with Crippen molar-refractivity contribution in [1.29, 1.82) is 0 Å². The van der Waals surface area contributed by atoms with Gasteiger partial charge in [0.15, 0.2) is 0 Å². The van der Waals surface area contributed by atoms with Crippen LogP contribution in [0.3, 0.4) is 0 Å². The van der Waals surface area contributed by atoms with Crippen LogP contribution in [0.2, 0.25) is 0 Å². The number of aliphatic hydroxyl groups is 1. The molecular formula is C17H26O6. The third kappa shape index (κ3) is 7.69. The molecule has 0 unspecified atom stereocenters. The van der Waals surface area contributed by atoms with Gasteiger partial charge in [0, 0.05) is 14.2 Å². The van der Waals surface area contributed by atoms with Gasteiger partial charge in [-0.1, -0.05) is 36.4 Å². The molecule has 0 radical (unpaired) electrons. The van der Waals surface area contributed by atoms with Crippen molar-refractivity contribution in [3.05, 3.63) is 48.6 Å². The zero-order chi connectivity index (χ0) is 16.9. The Morgan fingerprint density at radius 2 is 1.74 bits per heavy atom. The highest BCUT2D eigenvalue weighted by Crippen LogP contribution is 2.13. The zero-order valence-electron chi connectivity index (χ0n) is 13.7. The predicted molar refractivity (Wildman–Crippen MR) is 85.8 cm³/mol. The summed E-state index contributed by atoms with van der Waals surface area (Å²) in [7, 11) is 3.03. The number of ether oxygens (including phenoxy) is 5. The van der Waals surface area contributed by atoms with E-state index in [0.29, 0.717) is 6.61 Å². The molecule has 3 atom stereocenters. The predicted octanol–water partition coefficient (Wildman–Crippen LogP) is 1.73. The molecule has 1 aromatic carbocycles. The second-order valence-corrected chi connectivity index (χ2v) is 4.88. The average Bonchev–Trinajstić information content (AvgIpc) is 2.59. The molecule has 0 aliphatic heterocycles. The van der Waals surface area contributed by atoms with Gasteiger partial charge in [-0.2, -0.15) is 0 Å². The van der Waals surface area contributed by atoms with Crippen LogP contribution < -0.4 is 0 Å². The Labute approximate surface area is 137 Å². The molecule has 0 bridgehead atoms. The molecule has 0 fully saturated rings. The topological polar surface area (TPSA) is 66.4 Å². The van der Waals surface area contributed by atoms with Crippen LogP contribution in [0, 0.1) is 0 Å². The molecule has 1 N–H and O–H groups in total. The van der Waals surface area contributed by atoms with Gasteiger partial charge in [-0.3, -0.25) is 0 Å².